The van der Waals surface area contributed by atoms with E-state index in [0.717, 1.165) is 11.1 Å². The Morgan fingerprint density at radius 1 is 0.786 bits per heavy atom. The minimum Gasteiger partial charge on any atom is -0.322 e. The van der Waals surface area contributed by atoms with Crippen LogP contribution in [0.5, 0.6) is 0 Å². The van der Waals surface area contributed by atoms with Crippen LogP contribution in [0.1, 0.15) is 24.2 Å². The molecule has 3 aromatic rings. The first kappa shape index (κ1) is 19.8. The third-order valence-corrected chi connectivity index (χ3v) is 5.74. The average molecular weight is 394 g/mol. The predicted octanol–water partition coefficient (Wildman–Crippen LogP) is 4.29. The Hall–Kier alpha value is -2.96. The zero-order chi connectivity index (χ0) is 20.1. The first-order valence-corrected chi connectivity index (χ1v) is 10.4. The van der Waals surface area contributed by atoms with Crippen LogP contribution in [0.25, 0.3) is 11.1 Å². The van der Waals surface area contributed by atoms with Crippen molar-refractivity contribution in [1.29, 1.82) is 0 Å². The molecule has 2 N–H and O–H groups in total. The van der Waals surface area contributed by atoms with Crippen LogP contribution in [0.4, 0.5) is 5.69 Å². The molecule has 0 fully saturated rings. The highest BCUT2D eigenvalue weighted by Gasteiger charge is 2.16. The number of anilines is 1. The first-order valence-electron chi connectivity index (χ1n) is 8.94. The minimum atomic E-state index is -3.57. The monoisotopic (exact) mass is 394 g/mol. The van der Waals surface area contributed by atoms with E-state index in [-0.39, 0.29) is 16.8 Å². The Bertz CT molecular complexity index is 1040. The van der Waals surface area contributed by atoms with E-state index in [4.69, 9.17) is 0 Å². The summed E-state index contributed by atoms with van der Waals surface area (Å²) in [6, 6.07) is 23.2. The molecule has 28 heavy (non-hydrogen) atoms. The summed E-state index contributed by atoms with van der Waals surface area (Å²) < 4.78 is 26.8. The van der Waals surface area contributed by atoms with Gasteiger partial charge in [0.15, 0.2) is 0 Å². The highest BCUT2D eigenvalue weighted by molar-refractivity contribution is 7.89. The van der Waals surface area contributed by atoms with Gasteiger partial charge in [0.25, 0.3) is 5.91 Å². The van der Waals surface area contributed by atoms with E-state index in [9.17, 15) is 13.2 Å². The number of hydrogen-bond donors (Lipinski definition) is 2. The van der Waals surface area contributed by atoms with Crippen LogP contribution < -0.4 is 10.0 Å². The Kier molecular flexibility index (Phi) is 5.92. The second-order valence-corrected chi connectivity index (χ2v) is 8.41. The van der Waals surface area contributed by atoms with Crippen molar-refractivity contribution in [3.63, 3.8) is 0 Å². The molecule has 0 spiro atoms. The quantitative estimate of drug-likeness (QED) is 0.655. The summed E-state index contributed by atoms with van der Waals surface area (Å²) >= 11 is 0. The van der Waals surface area contributed by atoms with Crippen LogP contribution >= 0.6 is 0 Å². The van der Waals surface area contributed by atoms with Gasteiger partial charge < -0.3 is 5.32 Å². The van der Waals surface area contributed by atoms with Gasteiger partial charge in [0, 0.05) is 17.3 Å². The van der Waals surface area contributed by atoms with E-state index in [1.807, 2.05) is 54.6 Å². The van der Waals surface area contributed by atoms with E-state index in [1.54, 1.807) is 13.8 Å². The number of carbonyl (C=O) groups is 1. The van der Waals surface area contributed by atoms with Crippen molar-refractivity contribution >= 4 is 21.6 Å². The number of benzene rings is 3. The normalized spacial score (nSPS) is 11.4. The Morgan fingerprint density at radius 3 is 1.93 bits per heavy atom. The van der Waals surface area contributed by atoms with Crippen LogP contribution in [0.3, 0.4) is 0 Å². The van der Waals surface area contributed by atoms with Crippen LogP contribution in [0.15, 0.2) is 83.8 Å². The summed E-state index contributed by atoms with van der Waals surface area (Å²) in [7, 11) is -3.57. The number of hydrogen-bond acceptors (Lipinski definition) is 3. The first-order chi connectivity index (χ1) is 13.3. The fourth-order valence-electron chi connectivity index (χ4n) is 2.74. The second kappa shape index (κ2) is 8.37. The highest BCUT2D eigenvalue weighted by Crippen LogP contribution is 2.21. The predicted molar refractivity (Wildman–Crippen MR) is 112 cm³/mol. The van der Waals surface area contributed by atoms with E-state index in [0.29, 0.717) is 11.3 Å². The number of nitrogens with one attached hydrogen (secondary N) is 2. The molecule has 0 saturated carbocycles. The molecular formula is C22H22N2O3S. The summed E-state index contributed by atoms with van der Waals surface area (Å²) in [6.07, 6.45) is 0. The number of carbonyl (C=O) groups excluding carboxylic acids is 1. The lowest BCUT2D eigenvalue weighted by molar-refractivity contribution is 0.102. The Balaban J connectivity index is 1.69. The lowest BCUT2D eigenvalue weighted by Gasteiger charge is -2.10. The molecule has 3 aromatic carbocycles. The van der Waals surface area contributed by atoms with E-state index in [2.05, 4.69) is 10.0 Å². The molecular weight excluding hydrogens is 372 g/mol. The third-order valence-electron chi connectivity index (χ3n) is 4.07. The van der Waals surface area contributed by atoms with E-state index < -0.39 is 10.0 Å². The molecule has 0 atom stereocenters. The molecule has 0 heterocycles. The number of amides is 1. The van der Waals surface area contributed by atoms with Gasteiger partial charge >= 0.3 is 0 Å². The zero-order valence-electron chi connectivity index (χ0n) is 15.7. The summed E-state index contributed by atoms with van der Waals surface area (Å²) in [5.41, 5.74) is 3.22. The van der Waals surface area contributed by atoms with Crippen molar-refractivity contribution in [2.45, 2.75) is 24.8 Å². The zero-order valence-corrected chi connectivity index (χ0v) is 16.5. The van der Waals surface area contributed by atoms with Crippen LogP contribution in [0.2, 0.25) is 0 Å². The van der Waals surface area contributed by atoms with Gasteiger partial charge in [-0.3, -0.25) is 4.79 Å². The van der Waals surface area contributed by atoms with Crippen molar-refractivity contribution in [2.24, 2.45) is 0 Å². The lowest BCUT2D eigenvalue weighted by Crippen LogP contribution is -2.30. The van der Waals surface area contributed by atoms with E-state index >= 15 is 0 Å². The minimum absolute atomic E-state index is 0.130. The lowest BCUT2D eigenvalue weighted by atomic mass is 10.1. The van der Waals surface area contributed by atoms with Crippen molar-refractivity contribution in [2.75, 3.05) is 5.32 Å². The molecule has 0 saturated heterocycles. The molecule has 0 aliphatic carbocycles. The van der Waals surface area contributed by atoms with Gasteiger partial charge in [0.05, 0.1) is 4.90 Å². The Morgan fingerprint density at radius 2 is 1.36 bits per heavy atom. The van der Waals surface area contributed by atoms with Gasteiger partial charge in [-0.05, 0) is 61.4 Å². The fourth-order valence-corrected chi connectivity index (χ4v) is 3.99. The smallest absolute Gasteiger partial charge is 0.255 e. The van der Waals surface area contributed by atoms with Crippen molar-refractivity contribution in [3.8, 4) is 11.1 Å². The molecule has 5 nitrogen and oxygen atoms in total. The fraction of sp³-hybridized carbons (Fsp3) is 0.136. The summed E-state index contributed by atoms with van der Waals surface area (Å²) in [4.78, 5) is 12.6. The summed E-state index contributed by atoms with van der Waals surface area (Å²) in [5.74, 6) is -0.298. The molecule has 0 aromatic heterocycles. The number of sulfonamides is 1. The maximum absolute atomic E-state index is 12.4. The molecule has 6 heteroatoms. The van der Waals surface area contributed by atoms with Crippen LogP contribution in [-0.2, 0) is 10.0 Å². The average Bonchev–Trinajstić information content (AvgIpc) is 2.68. The molecule has 0 bridgehead atoms. The van der Waals surface area contributed by atoms with Crippen LogP contribution in [-0.4, -0.2) is 20.4 Å². The van der Waals surface area contributed by atoms with Gasteiger partial charge in [0.2, 0.25) is 10.0 Å². The summed E-state index contributed by atoms with van der Waals surface area (Å²) in [5, 5.41) is 2.82. The SMILES string of the molecule is CC(C)NS(=O)(=O)c1ccc(C(=O)Nc2ccc(-c3ccccc3)cc2)cc1. The number of rotatable bonds is 6. The third kappa shape index (κ3) is 4.85. The molecule has 3 rings (SSSR count). The van der Waals surface area contributed by atoms with Gasteiger partial charge in [-0.15, -0.1) is 0 Å². The van der Waals surface area contributed by atoms with Crippen molar-refractivity contribution in [1.82, 2.24) is 4.72 Å². The maximum atomic E-state index is 12.4. The van der Waals surface area contributed by atoms with Gasteiger partial charge in [0.1, 0.15) is 0 Å². The Labute approximate surface area is 165 Å². The molecule has 0 aliphatic rings. The summed E-state index contributed by atoms with van der Waals surface area (Å²) in [6.45, 7) is 3.50. The largest absolute Gasteiger partial charge is 0.322 e. The standard InChI is InChI=1S/C22H22N2O3S/c1-16(2)24-28(26,27)21-14-10-19(11-15-21)22(25)23-20-12-8-18(9-13-20)17-6-4-3-5-7-17/h3-16,24H,1-2H3,(H,23,25). The second-order valence-electron chi connectivity index (χ2n) is 6.70. The molecule has 1 amide bonds. The molecule has 0 unspecified atom stereocenters. The van der Waals surface area contributed by atoms with Crippen molar-refractivity contribution < 1.29 is 13.2 Å². The van der Waals surface area contributed by atoms with Crippen molar-refractivity contribution in [3.05, 3.63) is 84.4 Å². The van der Waals surface area contributed by atoms with Gasteiger partial charge in [-0.1, -0.05) is 42.5 Å². The van der Waals surface area contributed by atoms with Gasteiger partial charge in [-0.2, -0.15) is 0 Å². The topological polar surface area (TPSA) is 75.3 Å². The van der Waals surface area contributed by atoms with E-state index in [1.165, 1.54) is 24.3 Å². The maximum Gasteiger partial charge on any atom is 0.255 e. The highest BCUT2D eigenvalue weighted by atomic mass is 32.2. The molecule has 0 aliphatic heterocycles. The molecule has 144 valence electrons. The van der Waals surface area contributed by atoms with Crippen LogP contribution in [0, 0.1) is 0 Å². The molecule has 0 radical (unpaired) electrons. The van der Waals surface area contributed by atoms with Gasteiger partial charge in [-0.25, -0.2) is 13.1 Å².